The lowest BCUT2D eigenvalue weighted by Gasteiger charge is -2.37. The average Bonchev–Trinajstić information content (AvgIpc) is 3.12. The molecule has 1 saturated carbocycles. The van der Waals surface area contributed by atoms with Crippen LogP contribution in [0, 0.1) is 11.3 Å². The SMILES string of the molecule is N#Cc1cnc2[nH]ccc2c1NC1CC(NSc2ccc(C(F)(F)F)cc2)C1. The summed E-state index contributed by atoms with van der Waals surface area (Å²) in [6, 6.07) is 9.63. The maximum atomic E-state index is 12.6. The van der Waals surface area contributed by atoms with E-state index < -0.39 is 11.7 Å². The molecule has 4 rings (SSSR count). The molecule has 1 aliphatic rings. The van der Waals surface area contributed by atoms with Gasteiger partial charge in [-0.2, -0.15) is 18.4 Å². The molecule has 1 aromatic carbocycles. The standard InChI is InChI=1S/C19H16F3N5S/c20-19(21,22)12-1-3-15(4-2-12)28-27-14-7-13(8-14)26-17-11(9-23)10-25-18-16(17)5-6-24-18/h1-6,10,13-14,27H,7-8H2,(H2,24,25,26). The quantitative estimate of drug-likeness (QED) is 0.539. The van der Waals surface area contributed by atoms with Gasteiger partial charge in [0, 0.05) is 34.8 Å². The predicted octanol–water partition coefficient (Wildman–Crippen LogP) is 4.69. The van der Waals surface area contributed by atoms with Crippen molar-refractivity contribution in [1.29, 1.82) is 5.26 Å². The Morgan fingerprint density at radius 3 is 2.57 bits per heavy atom. The summed E-state index contributed by atoms with van der Waals surface area (Å²) in [7, 11) is 0. The van der Waals surface area contributed by atoms with Gasteiger partial charge in [0.25, 0.3) is 0 Å². The summed E-state index contributed by atoms with van der Waals surface area (Å²) in [4.78, 5) is 7.99. The van der Waals surface area contributed by atoms with Crippen LogP contribution in [0.1, 0.15) is 24.0 Å². The summed E-state index contributed by atoms with van der Waals surface area (Å²) in [6.07, 6.45) is 0.731. The Labute approximate surface area is 163 Å². The van der Waals surface area contributed by atoms with E-state index in [1.165, 1.54) is 24.1 Å². The fourth-order valence-electron chi connectivity index (χ4n) is 3.15. The van der Waals surface area contributed by atoms with Crippen LogP contribution in [0.15, 0.2) is 47.6 Å². The monoisotopic (exact) mass is 403 g/mol. The number of hydrogen-bond donors (Lipinski definition) is 3. The number of fused-ring (bicyclic) bond motifs is 1. The predicted molar refractivity (Wildman–Crippen MR) is 102 cm³/mol. The van der Waals surface area contributed by atoms with Gasteiger partial charge in [0.05, 0.1) is 16.8 Å². The zero-order chi connectivity index (χ0) is 19.7. The van der Waals surface area contributed by atoms with Gasteiger partial charge in [-0.15, -0.1) is 0 Å². The minimum atomic E-state index is -4.32. The minimum Gasteiger partial charge on any atom is -0.380 e. The summed E-state index contributed by atoms with van der Waals surface area (Å²) in [5, 5.41) is 13.6. The Morgan fingerprint density at radius 1 is 1.14 bits per heavy atom. The fraction of sp³-hybridized carbons (Fsp3) is 0.263. The van der Waals surface area contributed by atoms with E-state index in [-0.39, 0.29) is 12.1 Å². The van der Waals surface area contributed by atoms with Crippen LogP contribution < -0.4 is 10.0 Å². The molecule has 28 heavy (non-hydrogen) atoms. The van der Waals surface area contributed by atoms with Crippen LogP contribution in [0.2, 0.25) is 0 Å². The highest BCUT2D eigenvalue weighted by atomic mass is 32.2. The van der Waals surface area contributed by atoms with Crippen molar-refractivity contribution in [1.82, 2.24) is 14.7 Å². The van der Waals surface area contributed by atoms with Crippen LogP contribution in [0.5, 0.6) is 0 Å². The van der Waals surface area contributed by atoms with Crippen molar-refractivity contribution in [3.05, 3.63) is 53.9 Å². The summed E-state index contributed by atoms with van der Waals surface area (Å²) in [6.45, 7) is 0. The third-order valence-electron chi connectivity index (χ3n) is 4.72. The van der Waals surface area contributed by atoms with Gasteiger partial charge in [-0.1, -0.05) is 0 Å². The second kappa shape index (κ2) is 7.37. The van der Waals surface area contributed by atoms with E-state index in [0.717, 1.165) is 46.6 Å². The lowest BCUT2D eigenvalue weighted by Crippen LogP contribution is -2.45. The molecule has 2 heterocycles. The molecule has 5 nitrogen and oxygen atoms in total. The maximum Gasteiger partial charge on any atom is 0.416 e. The van der Waals surface area contributed by atoms with Crippen molar-refractivity contribution in [2.24, 2.45) is 0 Å². The summed E-state index contributed by atoms with van der Waals surface area (Å²) < 4.78 is 41.1. The van der Waals surface area contributed by atoms with Crippen molar-refractivity contribution in [2.75, 3.05) is 5.32 Å². The number of nitriles is 1. The van der Waals surface area contributed by atoms with E-state index in [1.807, 2.05) is 6.07 Å². The normalized spacial score (nSPS) is 19.2. The number of benzene rings is 1. The van der Waals surface area contributed by atoms with Gasteiger partial charge in [-0.25, -0.2) is 4.98 Å². The number of aromatic amines is 1. The maximum absolute atomic E-state index is 12.6. The van der Waals surface area contributed by atoms with Crippen molar-refractivity contribution >= 4 is 28.7 Å². The number of halogens is 3. The molecule has 3 N–H and O–H groups in total. The third kappa shape index (κ3) is 3.79. The highest BCUT2D eigenvalue weighted by Crippen LogP contribution is 2.33. The Morgan fingerprint density at radius 2 is 1.89 bits per heavy atom. The van der Waals surface area contributed by atoms with Gasteiger partial charge in [0.1, 0.15) is 11.7 Å². The van der Waals surface area contributed by atoms with Crippen molar-refractivity contribution in [3.63, 3.8) is 0 Å². The Bertz CT molecular complexity index is 1020. The van der Waals surface area contributed by atoms with Crippen LogP contribution >= 0.6 is 11.9 Å². The molecule has 0 bridgehead atoms. The first-order valence-corrected chi connectivity index (χ1v) is 9.48. The number of alkyl halides is 3. The molecule has 0 spiro atoms. The lowest BCUT2D eigenvalue weighted by molar-refractivity contribution is -0.137. The smallest absolute Gasteiger partial charge is 0.380 e. The Kier molecular flexibility index (Phi) is 4.91. The highest BCUT2D eigenvalue weighted by molar-refractivity contribution is 7.97. The molecule has 1 aliphatic carbocycles. The minimum absolute atomic E-state index is 0.221. The number of anilines is 1. The zero-order valence-corrected chi connectivity index (χ0v) is 15.4. The molecule has 2 aromatic heterocycles. The number of pyridine rings is 1. The third-order valence-corrected chi connectivity index (χ3v) is 5.68. The topological polar surface area (TPSA) is 76.5 Å². The second-order valence-electron chi connectivity index (χ2n) is 6.65. The molecule has 0 aliphatic heterocycles. The van der Waals surface area contributed by atoms with Gasteiger partial charge >= 0.3 is 6.18 Å². The van der Waals surface area contributed by atoms with E-state index in [9.17, 15) is 18.4 Å². The molecule has 3 aromatic rings. The largest absolute Gasteiger partial charge is 0.416 e. The van der Waals surface area contributed by atoms with Crippen molar-refractivity contribution in [3.8, 4) is 6.07 Å². The van der Waals surface area contributed by atoms with E-state index in [0.29, 0.717) is 5.56 Å². The molecule has 144 valence electrons. The molecule has 0 amide bonds. The van der Waals surface area contributed by atoms with Gasteiger partial charge in [0.2, 0.25) is 0 Å². The molecule has 0 radical (unpaired) electrons. The number of H-pyrrole nitrogens is 1. The molecule has 0 atom stereocenters. The first-order valence-electron chi connectivity index (χ1n) is 8.66. The van der Waals surface area contributed by atoms with Crippen LogP contribution in [-0.2, 0) is 6.18 Å². The molecule has 1 fully saturated rings. The molecular formula is C19H16F3N5S. The van der Waals surface area contributed by atoms with Gasteiger partial charge in [0.15, 0.2) is 0 Å². The number of rotatable bonds is 5. The van der Waals surface area contributed by atoms with Crippen molar-refractivity contribution < 1.29 is 13.2 Å². The number of nitrogens with one attached hydrogen (secondary N) is 3. The summed E-state index contributed by atoms with van der Waals surface area (Å²) in [5.41, 5.74) is 1.37. The van der Waals surface area contributed by atoms with Gasteiger partial charge in [-0.3, -0.25) is 4.72 Å². The van der Waals surface area contributed by atoms with Crippen LogP contribution in [0.4, 0.5) is 18.9 Å². The van der Waals surface area contributed by atoms with E-state index >= 15 is 0 Å². The van der Waals surface area contributed by atoms with Crippen molar-refractivity contribution in [2.45, 2.75) is 36.0 Å². The zero-order valence-electron chi connectivity index (χ0n) is 14.5. The average molecular weight is 403 g/mol. The first kappa shape index (κ1) is 18.7. The van der Waals surface area contributed by atoms with E-state index in [4.69, 9.17) is 0 Å². The lowest BCUT2D eigenvalue weighted by atomic mass is 9.87. The molecule has 0 unspecified atom stereocenters. The summed E-state index contributed by atoms with van der Waals surface area (Å²) in [5.74, 6) is 0. The van der Waals surface area contributed by atoms with Gasteiger partial charge in [-0.05, 0) is 55.1 Å². The molecule has 0 saturated heterocycles. The Hall–Kier alpha value is -2.70. The second-order valence-corrected chi connectivity index (χ2v) is 7.56. The highest BCUT2D eigenvalue weighted by Gasteiger charge is 2.31. The first-order chi connectivity index (χ1) is 13.4. The number of nitrogens with zero attached hydrogens (tertiary/aromatic N) is 2. The van der Waals surface area contributed by atoms with Crippen LogP contribution in [0.25, 0.3) is 11.0 Å². The molecular weight excluding hydrogens is 387 g/mol. The fourth-order valence-corrected chi connectivity index (χ4v) is 3.91. The van der Waals surface area contributed by atoms with Crippen LogP contribution in [-0.4, -0.2) is 22.1 Å². The molecule has 9 heteroatoms. The number of hydrogen-bond acceptors (Lipinski definition) is 5. The summed E-state index contributed by atoms with van der Waals surface area (Å²) >= 11 is 1.33. The van der Waals surface area contributed by atoms with E-state index in [1.54, 1.807) is 12.4 Å². The van der Waals surface area contributed by atoms with E-state index in [2.05, 4.69) is 26.1 Å². The number of aromatic nitrogens is 2. The Balaban J connectivity index is 1.31. The van der Waals surface area contributed by atoms with Gasteiger partial charge < -0.3 is 10.3 Å². The van der Waals surface area contributed by atoms with Crippen LogP contribution in [0.3, 0.4) is 0 Å².